The Morgan fingerprint density at radius 1 is 1.06 bits per heavy atom. The Kier molecular flexibility index (Phi) is 11.2. The molecule has 2 aromatic heterocycles. The Bertz CT molecular complexity index is 1710. The summed E-state index contributed by atoms with van der Waals surface area (Å²) < 4.78 is 18.2. The molecule has 1 amide bonds. The molecule has 0 radical (unpaired) electrons. The van der Waals surface area contributed by atoms with Gasteiger partial charge in [0.05, 0.1) is 42.5 Å². The third kappa shape index (κ3) is 7.46. The van der Waals surface area contributed by atoms with Crippen LogP contribution >= 0.6 is 23.2 Å². The van der Waals surface area contributed by atoms with Crippen LogP contribution in [0.4, 0.5) is 5.95 Å². The molecule has 0 bridgehead atoms. The molecule has 250 valence electrons. The van der Waals surface area contributed by atoms with Crippen molar-refractivity contribution < 1.29 is 23.8 Å². The summed E-state index contributed by atoms with van der Waals surface area (Å²) in [5, 5.41) is 4.26. The van der Waals surface area contributed by atoms with Crippen molar-refractivity contribution in [1.82, 2.24) is 24.3 Å². The number of methoxy groups -OCH3 is 2. The second-order valence-electron chi connectivity index (χ2n) is 11.4. The number of amides is 1. The fraction of sp³-hybridized carbons (Fsp3) is 0.424. The molecule has 0 spiro atoms. The first-order valence-corrected chi connectivity index (χ1v) is 16.1. The van der Waals surface area contributed by atoms with Gasteiger partial charge in [-0.1, -0.05) is 36.4 Å². The molecule has 4 heterocycles. The SMILES string of the molecule is C=CC(=O)C[C@H]1CCOC[C@H]1Nc1ncc2cc(-c3c(Cl)c(OC)cc(OC)c3Cl)c(=O)n(CCN3CCN(C(=O)C=C)CC3)c2n1. The van der Waals surface area contributed by atoms with E-state index >= 15 is 0 Å². The molecule has 5 rings (SSSR count). The van der Waals surface area contributed by atoms with Crippen LogP contribution in [0.2, 0.25) is 10.0 Å². The highest BCUT2D eigenvalue weighted by Crippen LogP contribution is 2.45. The van der Waals surface area contributed by atoms with Crippen LogP contribution in [0.1, 0.15) is 12.8 Å². The lowest BCUT2D eigenvalue weighted by Crippen LogP contribution is -2.49. The van der Waals surface area contributed by atoms with Crippen LogP contribution in [-0.2, 0) is 20.9 Å². The van der Waals surface area contributed by atoms with E-state index in [1.807, 2.05) is 0 Å². The molecule has 2 atom stereocenters. The zero-order valence-electron chi connectivity index (χ0n) is 26.5. The number of pyridine rings is 1. The molecule has 3 aromatic rings. The highest BCUT2D eigenvalue weighted by molar-refractivity contribution is 6.41. The first kappa shape index (κ1) is 34.4. The summed E-state index contributed by atoms with van der Waals surface area (Å²) in [7, 11) is 2.94. The Morgan fingerprint density at radius 3 is 2.40 bits per heavy atom. The number of carbonyl (C=O) groups is 2. The standard InChI is InChI=1S/C33H38Cl2N6O6/c1-5-22(42)15-20-7-14-47-19-24(20)37-33-36-18-21-16-23(28-29(34)25(45-3)17-26(46-4)30(28)35)32(44)41(31(21)38-33)13-10-39-8-11-40(12-9-39)27(43)6-2/h5-6,16-18,20,24H,1-2,7-15,19H2,3-4H3,(H,36,37,38)/t20-,24-/m1/s1. The highest BCUT2D eigenvalue weighted by Gasteiger charge is 2.29. The Balaban J connectivity index is 1.55. The second kappa shape index (κ2) is 15.3. The molecule has 14 heteroatoms. The van der Waals surface area contributed by atoms with Gasteiger partial charge < -0.3 is 24.4 Å². The summed E-state index contributed by atoms with van der Waals surface area (Å²) in [6.07, 6.45) is 5.33. The zero-order chi connectivity index (χ0) is 33.7. The average molecular weight is 686 g/mol. The molecule has 0 aliphatic carbocycles. The third-order valence-electron chi connectivity index (χ3n) is 8.67. The van der Waals surface area contributed by atoms with E-state index in [1.54, 1.807) is 27.8 Å². The van der Waals surface area contributed by atoms with Gasteiger partial charge >= 0.3 is 0 Å². The van der Waals surface area contributed by atoms with Crippen LogP contribution in [0, 0.1) is 5.92 Å². The maximum absolute atomic E-state index is 14.4. The molecule has 2 saturated heterocycles. The number of allylic oxidation sites excluding steroid dienone is 1. The van der Waals surface area contributed by atoms with Crippen molar-refractivity contribution in [2.45, 2.75) is 25.4 Å². The van der Waals surface area contributed by atoms with Crippen molar-refractivity contribution in [2.75, 3.05) is 65.5 Å². The molecule has 47 heavy (non-hydrogen) atoms. The summed E-state index contributed by atoms with van der Waals surface area (Å²) in [6.45, 7) is 11.3. The fourth-order valence-electron chi connectivity index (χ4n) is 5.99. The Hall–Kier alpha value is -3.97. The largest absolute Gasteiger partial charge is 0.495 e. The van der Waals surface area contributed by atoms with Crippen molar-refractivity contribution in [2.24, 2.45) is 5.92 Å². The number of fused-ring (bicyclic) bond motifs is 1. The van der Waals surface area contributed by atoms with Gasteiger partial charge in [-0.15, -0.1) is 0 Å². The first-order chi connectivity index (χ1) is 22.7. The average Bonchev–Trinajstić information content (AvgIpc) is 3.09. The van der Waals surface area contributed by atoms with Gasteiger partial charge in [0.1, 0.15) is 17.1 Å². The molecule has 2 aliphatic rings. The number of hydrogen-bond acceptors (Lipinski definition) is 10. The molecule has 2 aliphatic heterocycles. The number of nitrogens with one attached hydrogen (secondary N) is 1. The van der Waals surface area contributed by atoms with Gasteiger partial charge in [0.15, 0.2) is 5.78 Å². The lowest BCUT2D eigenvalue weighted by molar-refractivity contribution is -0.127. The number of benzene rings is 1. The van der Waals surface area contributed by atoms with E-state index in [0.29, 0.717) is 87.3 Å². The molecule has 1 N–H and O–H groups in total. The maximum atomic E-state index is 14.4. The Morgan fingerprint density at radius 2 is 1.77 bits per heavy atom. The van der Waals surface area contributed by atoms with E-state index in [4.69, 9.17) is 42.4 Å². The minimum absolute atomic E-state index is 0.0112. The smallest absolute Gasteiger partial charge is 0.260 e. The van der Waals surface area contributed by atoms with E-state index in [1.165, 1.54) is 26.4 Å². The van der Waals surface area contributed by atoms with Gasteiger partial charge in [-0.2, -0.15) is 4.98 Å². The molecule has 2 fully saturated rings. The lowest BCUT2D eigenvalue weighted by atomic mass is 9.90. The summed E-state index contributed by atoms with van der Waals surface area (Å²) >= 11 is 13.5. The van der Waals surface area contributed by atoms with Gasteiger partial charge in [0.2, 0.25) is 11.9 Å². The number of nitrogens with zero attached hydrogens (tertiary/aromatic N) is 5. The van der Waals surface area contributed by atoms with Crippen LogP contribution in [0.15, 0.2) is 48.4 Å². The van der Waals surface area contributed by atoms with Gasteiger partial charge in [-0.3, -0.25) is 23.9 Å². The molecule has 1 aromatic carbocycles. The maximum Gasteiger partial charge on any atom is 0.260 e. The van der Waals surface area contributed by atoms with Crippen LogP contribution in [0.3, 0.4) is 0 Å². The second-order valence-corrected chi connectivity index (χ2v) is 12.1. The summed E-state index contributed by atoms with van der Waals surface area (Å²) in [5.41, 5.74) is 0.559. The van der Waals surface area contributed by atoms with Gasteiger partial charge in [0, 0.05) is 75.5 Å². The summed E-state index contributed by atoms with van der Waals surface area (Å²) in [5.74, 6) is 0.786. The number of anilines is 1. The number of ketones is 1. The van der Waals surface area contributed by atoms with Gasteiger partial charge in [-0.05, 0) is 30.6 Å². The van der Waals surface area contributed by atoms with Crippen molar-refractivity contribution in [1.29, 1.82) is 0 Å². The highest BCUT2D eigenvalue weighted by atomic mass is 35.5. The minimum Gasteiger partial charge on any atom is -0.495 e. The summed E-state index contributed by atoms with van der Waals surface area (Å²) in [4.78, 5) is 51.9. The van der Waals surface area contributed by atoms with Crippen molar-refractivity contribution in [3.05, 3.63) is 64.0 Å². The lowest BCUT2D eigenvalue weighted by Gasteiger charge is -2.34. The normalized spacial score (nSPS) is 18.5. The third-order valence-corrected chi connectivity index (χ3v) is 9.42. The molecule has 0 saturated carbocycles. The van der Waals surface area contributed by atoms with E-state index in [0.717, 1.165) is 0 Å². The molecular formula is C33H38Cl2N6O6. The molecular weight excluding hydrogens is 647 g/mol. The zero-order valence-corrected chi connectivity index (χ0v) is 28.0. The van der Waals surface area contributed by atoms with E-state index < -0.39 is 0 Å². The van der Waals surface area contributed by atoms with Crippen LogP contribution in [0.25, 0.3) is 22.2 Å². The molecule has 0 unspecified atom stereocenters. The minimum atomic E-state index is -0.364. The van der Waals surface area contributed by atoms with E-state index in [2.05, 4.69) is 28.4 Å². The van der Waals surface area contributed by atoms with E-state index in [-0.39, 0.29) is 56.9 Å². The fourth-order valence-corrected chi connectivity index (χ4v) is 6.70. The van der Waals surface area contributed by atoms with Crippen molar-refractivity contribution in [3.8, 4) is 22.6 Å². The van der Waals surface area contributed by atoms with E-state index in [9.17, 15) is 14.4 Å². The molecule has 12 nitrogen and oxygen atoms in total. The van der Waals surface area contributed by atoms with Crippen molar-refractivity contribution in [3.63, 3.8) is 0 Å². The quantitative estimate of drug-likeness (QED) is 0.279. The van der Waals surface area contributed by atoms with Crippen LogP contribution in [0.5, 0.6) is 11.5 Å². The predicted octanol–water partition coefficient (Wildman–Crippen LogP) is 4.07. The topological polar surface area (TPSA) is 128 Å². The van der Waals surface area contributed by atoms with Gasteiger partial charge in [0.25, 0.3) is 5.56 Å². The number of hydrogen-bond donors (Lipinski definition) is 1. The number of aromatic nitrogens is 3. The monoisotopic (exact) mass is 684 g/mol. The van der Waals surface area contributed by atoms with Crippen molar-refractivity contribution >= 4 is 51.9 Å². The van der Waals surface area contributed by atoms with Crippen LogP contribution < -0.4 is 20.3 Å². The number of ether oxygens (including phenoxy) is 3. The summed E-state index contributed by atoms with van der Waals surface area (Å²) in [6, 6.07) is 3.02. The van der Waals surface area contributed by atoms with Crippen LogP contribution in [-0.4, -0.2) is 102 Å². The van der Waals surface area contributed by atoms with Gasteiger partial charge in [-0.25, -0.2) is 4.98 Å². The Labute approximate surface area is 282 Å². The number of rotatable bonds is 12. The number of halogens is 2. The first-order valence-electron chi connectivity index (χ1n) is 15.3. The number of carbonyl (C=O) groups excluding carboxylic acids is 2. The predicted molar refractivity (Wildman–Crippen MR) is 182 cm³/mol. The number of piperazine rings is 1.